The van der Waals surface area contributed by atoms with Gasteiger partial charge in [-0.05, 0) is 19.1 Å². The van der Waals surface area contributed by atoms with Crippen molar-refractivity contribution in [1.82, 2.24) is 5.43 Å². The molecule has 2 unspecified atom stereocenters. The smallest absolute Gasteiger partial charge is 0.197 e. The number of rotatable bonds is 4. The van der Waals surface area contributed by atoms with E-state index in [1.54, 1.807) is 25.1 Å². The molecule has 1 aliphatic heterocycles. The van der Waals surface area contributed by atoms with Gasteiger partial charge in [-0.3, -0.25) is 10.4 Å². The molecular formula is C18H16N4O2S. The molecule has 0 saturated carbocycles. The number of benzene rings is 2. The number of sulfone groups is 1. The molecule has 1 N–H and O–H groups in total. The zero-order valence-electron chi connectivity index (χ0n) is 13.5. The Kier molecular flexibility index (Phi) is 4.63. The SMILES string of the molecule is CC1=NNC(c2ccccc2)=NC1C(C#N)S(=O)(=O)c1ccccc1. The Balaban J connectivity index is 2.02. The fourth-order valence-electron chi connectivity index (χ4n) is 2.56. The van der Waals surface area contributed by atoms with Crippen LogP contribution in [0.5, 0.6) is 0 Å². The molecule has 2 atom stereocenters. The third-order valence-corrected chi connectivity index (χ3v) is 5.86. The highest BCUT2D eigenvalue weighted by Crippen LogP contribution is 2.22. The van der Waals surface area contributed by atoms with E-state index in [4.69, 9.17) is 0 Å². The molecule has 0 amide bonds. The van der Waals surface area contributed by atoms with Crippen molar-refractivity contribution in [3.8, 4) is 6.07 Å². The summed E-state index contributed by atoms with van der Waals surface area (Å²) in [6.07, 6.45) is 0. The van der Waals surface area contributed by atoms with Crippen molar-refractivity contribution in [3.05, 3.63) is 66.2 Å². The summed E-state index contributed by atoms with van der Waals surface area (Å²) in [6.45, 7) is 1.66. The van der Waals surface area contributed by atoms with Gasteiger partial charge in [-0.15, -0.1) is 0 Å². The molecule has 0 bridgehead atoms. The summed E-state index contributed by atoms with van der Waals surface area (Å²) in [6, 6.07) is 18.2. The standard InChI is InChI=1S/C18H16N4O2S/c1-13-17(20-18(22-21-13)14-8-4-2-5-9-14)16(12-19)25(23,24)15-10-6-3-7-11-15/h2-11,16-17H,1H3,(H,20,22). The maximum atomic E-state index is 12.9. The predicted octanol–water partition coefficient (Wildman–Crippen LogP) is 2.15. The molecule has 1 heterocycles. The predicted molar refractivity (Wildman–Crippen MR) is 96.0 cm³/mol. The highest BCUT2D eigenvalue weighted by Gasteiger charge is 2.38. The maximum absolute atomic E-state index is 12.9. The van der Waals surface area contributed by atoms with Crippen LogP contribution < -0.4 is 5.43 Å². The van der Waals surface area contributed by atoms with Gasteiger partial charge >= 0.3 is 0 Å². The Labute approximate surface area is 146 Å². The molecule has 0 saturated heterocycles. The van der Waals surface area contributed by atoms with Crippen LogP contribution in [-0.4, -0.2) is 31.3 Å². The largest absolute Gasteiger partial charge is 0.261 e. The molecule has 1 aliphatic rings. The zero-order valence-corrected chi connectivity index (χ0v) is 14.3. The summed E-state index contributed by atoms with van der Waals surface area (Å²) in [5, 5.41) is 12.4. The zero-order chi connectivity index (χ0) is 17.9. The lowest BCUT2D eigenvalue weighted by Gasteiger charge is -2.23. The van der Waals surface area contributed by atoms with Crippen molar-refractivity contribution in [1.29, 1.82) is 5.26 Å². The van der Waals surface area contributed by atoms with Crippen molar-refractivity contribution >= 4 is 21.4 Å². The second-order valence-corrected chi connectivity index (χ2v) is 7.63. The maximum Gasteiger partial charge on any atom is 0.197 e. The molecule has 7 heteroatoms. The molecule has 2 aromatic carbocycles. The van der Waals surface area contributed by atoms with Crippen molar-refractivity contribution in [2.24, 2.45) is 10.1 Å². The summed E-state index contributed by atoms with van der Waals surface area (Å²) in [5.41, 5.74) is 4.04. The highest BCUT2D eigenvalue weighted by atomic mass is 32.2. The lowest BCUT2D eigenvalue weighted by molar-refractivity contribution is 0.584. The Bertz CT molecular complexity index is 961. The van der Waals surface area contributed by atoms with Gasteiger partial charge < -0.3 is 0 Å². The fourth-order valence-corrected chi connectivity index (χ4v) is 4.12. The molecule has 0 fully saturated rings. The van der Waals surface area contributed by atoms with Crippen LogP contribution >= 0.6 is 0 Å². The van der Waals surface area contributed by atoms with Crippen LogP contribution in [0.25, 0.3) is 0 Å². The van der Waals surface area contributed by atoms with Crippen molar-refractivity contribution < 1.29 is 8.42 Å². The second kappa shape index (κ2) is 6.87. The quantitative estimate of drug-likeness (QED) is 0.912. The highest BCUT2D eigenvalue weighted by molar-refractivity contribution is 7.92. The Morgan fingerprint density at radius 2 is 1.68 bits per heavy atom. The van der Waals surface area contributed by atoms with Crippen LogP contribution in [0.3, 0.4) is 0 Å². The molecule has 0 aromatic heterocycles. The number of nitrogens with zero attached hydrogens (tertiary/aromatic N) is 3. The number of hydrogen-bond acceptors (Lipinski definition) is 6. The van der Waals surface area contributed by atoms with Crippen LogP contribution in [0, 0.1) is 11.3 Å². The first kappa shape index (κ1) is 16.9. The minimum atomic E-state index is -3.87. The molecular weight excluding hydrogens is 336 g/mol. The van der Waals surface area contributed by atoms with Gasteiger partial charge in [-0.1, -0.05) is 48.5 Å². The van der Waals surface area contributed by atoms with Gasteiger partial charge in [0.1, 0.15) is 11.9 Å². The lowest BCUT2D eigenvalue weighted by Crippen LogP contribution is -2.42. The monoisotopic (exact) mass is 352 g/mol. The van der Waals surface area contributed by atoms with E-state index in [1.807, 2.05) is 36.4 Å². The lowest BCUT2D eigenvalue weighted by atomic mass is 10.1. The molecule has 126 valence electrons. The second-order valence-electron chi connectivity index (χ2n) is 5.56. The summed E-state index contributed by atoms with van der Waals surface area (Å²) >= 11 is 0. The first-order valence-electron chi connectivity index (χ1n) is 7.66. The van der Waals surface area contributed by atoms with E-state index in [1.165, 1.54) is 12.1 Å². The van der Waals surface area contributed by atoms with Gasteiger partial charge in [0.2, 0.25) is 0 Å². The van der Waals surface area contributed by atoms with Crippen molar-refractivity contribution in [2.75, 3.05) is 0 Å². The summed E-state index contributed by atoms with van der Waals surface area (Å²) in [4.78, 5) is 4.57. The summed E-state index contributed by atoms with van der Waals surface area (Å²) in [7, 11) is -3.87. The van der Waals surface area contributed by atoms with E-state index < -0.39 is 21.1 Å². The number of aliphatic imine (C=N–C) groups is 1. The Hall–Kier alpha value is -2.98. The van der Waals surface area contributed by atoms with Crippen LogP contribution in [-0.2, 0) is 9.84 Å². The van der Waals surface area contributed by atoms with Crippen LogP contribution in [0.15, 0.2) is 75.7 Å². The van der Waals surface area contributed by atoms with E-state index in [0.717, 1.165) is 5.56 Å². The van der Waals surface area contributed by atoms with Crippen LogP contribution in [0.4, 0.5) is 0 Å². The number of nitrogens with one attached hydrogen (secondary N) is 1. The molecule has 0 aliphatic carbocycles. The molecule has 25 heavy (non-hydrogen) atoms. The van der Waals surface area contributed by atoms with E-state index in [0.29, 0.717) is 11.5 Å². The third-order valence-electron chi connectivity index (χ3n) is 3.90. The van der Waals surface area contributed by atoms with Gasteiger partial charge in [0, 0.05) is 5.56 Å². The number of nitriles is 1. The number of amidine groups is 1. The third kappa shape index (κ3) is 3.30. The summed E-state index contributed by atoms with van der Waals surface area (Å²) in [5.74, 6) is 0.444. The Morgan fingerprint density at radius 1 is 1.08 bits per heavy atom. The first-order valence-corrected chi connectivity index (χ1v) is 9.20. The van der Waals surface area contributed by atoms with Crippen LogP contribution in [0.2, 0.25) is 0 Å². The molecule has 0 radical (unpaired) electrons. The Morgan fingerprint density at radius 3 is 2.28 bits per heavy atom. The molecule has 6 nitrogen and oxygen atoms in total. The van der Waals surface area contributed by atoms with E-state index in [9.17, 15) is 13.7 Å². The van der Waals surface area contributed by atoms with Gasteiger partial charge in [0.15, 0.2) is 15.1 Å². The number of hydrazone groups is 1. The van der Waals surface area contributed by atoms with Gasteiger partial charge in [0.25, 0.3) is 0 Å². The van der Waals surface area contributed by atoms with E-state index in [2.05, 4.69) is 15.5 Å². The molecule has 2 aromatic rings. The van der Waals surface area contributed by atoms with Gasteiger partial charge in [-0.2, -0.15) is 10.4 Å². The van der Waals surface area contributed by atoms with E-state index >= 15 is 0 Å². The fraction of sp³-hybridized carbons (Fsp3) is 0.167. The minimum Gasteiger partial charge on any atom is -0.261 e. The van der Waals surface area contributed by atoms with Crippen molar-refractivity contribution in [2.45, 2.75) is 23.1 Å². The minimum absolute atomic E-state index is 0.101. The van der Waals surface area contributed by atoms with Gasteiger partial charge in [0.05, 0.1) is 16.7 Å². The normalized spacial score (nSPS) is 18.3. The average Bonchev–Trinajstić information content (AvgIpc) is 2.65. The molecule has 0 spiro atoms. The summed E-state index contributed by atoms with van der Waals surface area (Å²) < 4.78 is 25.8. The first-order chi connectivity index (χ1) is 12.0. The van der Waals surface area contributed by atoms with E-state index in [-0.39, 0.29) is 4.90 Å². The van der Waals surface area contributed by atoms with Crippen LogP contribution in [0.1, 0.15) is 12.5 Å². The van der Waals surface area contributed by atoms with Crippen molar-refractivity contribution in [3.63, 3.8) is 0 Å². The topological polar surface area (TPSA) is 94.7 Å². The van der Waals surface area contributed by atoms with Gasteiger partial charge in [-0.25, -0.2) is 8.42 Å². The average molecular weight is 352 g/mol. The molecule has 3 rings (SSSR count). The number of hydrogen-bond donors (Lipinski definition) is 1.